The lowest BCUT2D eigenvalue weighted by Crippen LogP contribution is -2.65. The third-order valence-corrected chi connectivity index (χ3v) is 3.43. The van der Waals surface area contributed by atoms with E-state index < -0.39 is 22.7 Å². The van der Waals surface area contributed by atoms with Gasteiger partial charge >= 0.3 is 12.2 Å². The molecule has 0 heterocycles. The molecule has 0 bridgehead atoms. The molecule has 0 fully saturated rings. The van der Waals surface area contributed by atoms with Crippen molar-refractivity contribution < 1.29 is 19.8 Å². The van der Waals surface area contributed by atoms with E-state index in [1.54, 1.807) is 13.8 Å². The smallest absolute Gasteiger partial charge is 0.409 e. The summed E-state index contributed by atoms with van der Waals surface area (Å²) in [4.78, 5) is 22.8. The number of alkyl halides is 2. The summed E-state index contributed by atoms with van der Waals surface area (Å²) >= 11 is 11.6. The average molecular weight is 287 g/mol. The molecule has 0 aromatic carbocycles. The summed E-state index contributed by atoms with van der Waals surface area (Å²) in [6, 6.07) is 0. The minimum atomic E-state index is -1.52. The Kier molecular flexibility index (Phi) is 5.84. The summed E-state index contributed by atoms with van der Waals surface area (Å²) in [6.07, 6.45) is -2.55. The van der Waals surface area contributed by atoms with Gasteiger partial charge in [-0.25, -0.2) is 9.59 Å². The molecule has 8 heteroatoms. The second-order valence-electron chi connectivity index (χ2n) is 3.45. The van der Waals surface area contributed by atoms with Gasteiger partial charge in [0, 0.05) is 13.1 Å². The van der Waals surface area contributed by atoms with Crippen molar-refractivity contribution in [1.82, 2.24) is 9.80 Å². The highest BCUT2D eigenvalue weighted by Gasteiger charge is 2.47. The van der Waals surface area contributed by atoms with Gasteiger partial charge in [0.1, 0.15) is 4.84 Å². The van der Waals surface area contributed by atoms with Crippen molar-refractivity contribution in [3.63, 3.8) is 0 Å². The molecule has 0 unspecified atom stereocenters. The zero-order chi connectivity index (χ0) is 13.8. The highest BCUT2D eigenvalue weighted by molar-refractivity contribution is 6.45. The molecule has 0 aliphatic rings. The average Bonchev–Trinajstić information content (AvgIpc) is 2.17. The number of halogens is 2. The van der Waals surface area contributed by atoms with Crippen LogP contribution in [-0.4, -0.2) is 55.8 Å². The van der Waals surface area contributed by atoms with Crippen LogP contribution in [0.3, 0.4) is 0 Å². The maximum Gasteiger partial charge on any atom is 0.409 e. The molecule has 0 saturated heterocycles. The molecule has 0 aliphatic carbocycles. The van der Waals surface area contributed by atoms with Crippen molar-refractivity contribution in [2.75, 3.05) is 13.1 Å². The Balaban J connectivity index is 5.55. The van der Waals surface area contributed by atoms with Crippen LogP contribution in [0.15, 0.2) is 0 Å². The first-order chi connectivity index (χ1) is 7.73. The number of rotatable bonds is 5. The number of amides is 2. The zero-order valence-corrected chi connectivity index (χ0v) is 11.4. The van der Waals surface area contributed by atoms with E-state index in [1.807, 2.05) is 0 Å². The van der Waals surface area contributed by atoms with Gasteiger partial charge in [0.25, 0.3) is 0 Å². The second kappa shape index (κ2) is 6.16. The first-order valence-corrected chi connectivity index (χ1v) is 5.89. The summed E-state index contributed by atoms with van der Waals surface area (Å²) in [5.74, 6) is 0. The van der Waals surface area contributed by atoms with Gasteiger partial charge < -0.3 is 10.2 Å². The van der Waals surface area contributed by atoms with E-state index in [-0.39, 0.29) is 13.1 Å². The van der Waals surface area contributed by atoms with Crippen LogP contribution in [0, 0.1) is 0 Å². The quantitative estimate of drug-likeness (QED) is 0.601. The van der Waals surface area contributed by atoms with Crippen LogP contribution in [-0.2, 0) is 0 Å². The van der Waals surface area contributed by atoms with Gasteiger partial charge in [0.05, 0.1) is 0 Å². The summed E-state index contributed by atoms with van der Waals surface area (Å²) < 4.78 is 0. The van der Waals surface area contributed by atoms with Gasteiger partial charge in [-0.2, -0.15) is 0 Å². The SMILES string of the molecule is CCN(C(=O)O)C(C)(C(Cl)Cl)N(CC)C(=O)O. The van der Waals surface area contributed by atoms with Gasteiger partial charge in [-0.3, -0.25) is 9.80 Å². The number of carboxylic acid groups (broad SMARTS) is 2. The summed E-state index contributed by atoms with van der Waals surface area (Å²) in [5, 5.41) is 18.1. The molecule has 100 valence electrons. The van der Waals surface area contributed by atoms with Crippen LogP contribution in [0.5, 0.6) is 0 Å². The van der Waals surface area contributed by atoms with Crippen molar-refractivity contribution in [2.24, 2.45) is 0 Å². The van der Waals surface area contributed by atoms with Crippen LogP contribution in [0.4, 0.5) is 9.59 Å². The normalized spacial score (nSPS) is 11.4. The molecule has 0 rings (SSSR count). The van der Waals surface area contributed by atoms with E-state index in [2.05, 4.69) is 0 Å². The molecular weight excluding hydrogens is 271 g/mol. The predicted octanol–water partition coefficient (Wildman–Crippen LogP) is 2.51. The lowest BCUT2D eigenvalue weighted by Gasteiger charge is -2.46. The number of nitrogens with zero attached hydrogens (tertiary/aromatic N) is 2. The Morgan fingerprint density at radius 3 is 1.53 bits per heavy atom. The molecule has 6 nitrogen and oxygen atoms in total. The molecule has 0 radical (unpaired) electrons. The number of carbonyl (C=O) groups is 2. The second-order valence-corrected chi connectivity index (χ2v) is 4.54. The fraction of sp³-hybridized carbons (Fsp3) is 0.778. The number of hydrogen-bond donors (Lipinski definition) is 2. The molecule has 0 aliphatic heterocycles. The van der Waals surface area contributed by atoms with E-state index in [0.29, 0.717) is 0 Å². The monoisotopic (exact) mass is 286 g/mol. The molecule has 0 aromatic rings. The van der Waals surface area contributed by atoms with Crippen molar-refractivity contribution in [3.05, 3.63) is 0 Å². The van der Waals surface area contributed by atoms with Crippen LogP contribution in [0.25, 0.3) is 0 Å². The summed E-state index contributed by atoms with van der Waals surface area (Å²) in [7, 11) is 0. The third kappa shape index (κ3) is 3.07. The Labute approximate surface area is 110 Å². The summed E-state index contributed by atoms with van der Waals surface area (Å²) in [6.45, 7) is 4.69. The van der Waals surface area contributed by atoms with Gasteiger partial charge in [-0.15, -0.1) is 23.2 Å². The van der Waals surface area contributed by atoms with Crippen molar-refractivity contribution in [1.29, 1.82) is 0 Å². The highest BCUT2D eigenvalue weighted by Crippen LogP contribution is 2.31. The molecule has 0 saturated carbocycles. The molecule has 2 amide bonds. The van der Waals surface area contributed by atoms with E-state index in [9.17, 15) is 9.59 Å². The first kappa shape index (κ1) is 16.1. The Morgan fingerprint density at radius 1 is 1.12 bits per heavy atom. The molecule has 2 N–H and O–H groups in total. The topological polar surface area (TPSA) is 81.1 Å². The summed E-state index contributed by atoms with van der Waals surface area (Å²) in [5.41, 5.74) is -1.52. The van der Waals surface area contributed by atoms with E-state index in [0.717, 1.165) is 9.80 Å². The van der Waals surface area contributed by atoms with Gasteiger partial charge in [-0.05, 0) is 20.8 Å². The van der Waals surface area contributed by atoms with E-state index in [4.69, 9.17) is 33.4 Å². The largest absolute Gasteiger partial charge is 0.465 e. The van der Waals surface area contributed by atoms with Crippen molar-refractivity contribution in [2.45, 2.75) is 31.3 Å². The fourth-order valence-corrected chi connectivity index (χ4v) is 2.15. The van der Waals surface area contributed by atoms with Gasteiger partial charge in [-0.1, -0.05) is 0 Å². The maximum atomic E-state index is 11.1. The van der Waals surface area contributed by atoms with Crippen LogP contribution in [0.1, 0.15) is 20.8 Å². The molecule has 0 aromatic heterocycles. The fourth-order valence-electron chi connectivity index (χ4n) is 1.68. The highest BCUT2D eigenvalue weighted by atomic mass is 35.5. The van der Waals surface area contributed by atoms with E-state index >= 15 is 0 Å². The standard InChI is InChI=1S/C9H16Cl2N2O4/c1-4-12(7(14)15)9(3,6(10)11)13(5-2)8(16)17/h6H,4-5H2,1-3H3,(H,14,15)(H,16,17). The van der Waals surface area contributed by atoms with E-state index in [1.165, 1.54) is 6.92 Å². The maximum absolute atomic E-state index is 11.1. The van der Waals surface area contributed by atoms with Crippen molar-refractivity contribution >= 4 is 35.4 Å². The van der Waals surface area contributed by atoms with Crippen molar-refractivity contribution in [3.8, 4) is 0 Å². The van der Waals surface area contributed by atoms with Gasteiger partial charge in [0.2, 0.25) is 0 Å². The molecule has 0 spiro atoms. The minimum Gasteiger partial charge on any atom is -0.465 e. The molecule has 17 heavy (non-hydrogen) atoms. The minimum absolute atomic E-state index is 0.0750. The zero-order valence-electron chi connectivity index (χ0n) is 9.85. The lowest BCUT2D eigenvalue weighted by molar-refractivity contribution is -0.00837. The first-order valence-electron chi connectivity index (χ1n) is 5.02. The Bertz CT molecular complexity index is 277. The lowest BCUT2D eigenvalue weighted by atomic mass is 10.1. The molecular formula is C9H16Cl2N2O4. The number of hydrogen-bond acceptors (Lipinski definition) is 2. The Morgan fingerprint density at radius 2 is 1.41 bits per heavy atom. The Hall–Kier alpha value is -0.880. The van der Waals surface area contributed by atoms with Gasteiger partial charge in [0.15, 0.2) is 5.66 Å². The predicted molar refractivity (Wildman–Crippen MR) is 64.7 cm³/mol. The van der Waals surface area contributed by atoms with Crippen LogP contribution in [0.2, 0.25) is 0 Å². The van der Waals surface area contributed by atoms with Crippen LogP contribution < -0.4 is 0 Å². The third-order valence-electron chi connectivity index (χ3n) is 2.60. The molecule has 0 atom stereocenters. The van der Waals surface area contributed by atoms with Crippen LogP contribution >= 0.6 is 23.2 Å².